The van der Waals surface area contributed by atoms with Gasteiger partial charge in [-0.1, -0.05) is 48.0 Å². The summed E-state index contributed by atoms with van der Waals surface area (Å²) < 4.78 is 5.31. The molecular formula is C21H24N2O4. The largest absolute Gasteiger partial charge is 0.454 e. The molecule has 0 aliphatic heterocycles. The SMILES string of the molecule is Cc1ccc(C)c(C(=O)[C@H](C)OC(=O)C[C@H](NC(N)=O)c2ccccc2)c1. The molecule has 0 heterocycles. The van der Waals surface area contributed by atoms with E-state index >= 15 is 0 Å². The summed E-state index contributed by atoms with van der Waals surface area (Å²) in [4.78, 5) is 36.2. The molecule has 2 aromatic rings. The second kappa shape index (κ2) is 8.98. The standard InChI is InChI=1S/C21H24N2O4/c1-13-9-10-14(2)17(11-13)20(25)15(3)27-19(24)12-18(23-21(22)26)16-7-5-4-6-8-16/h4-11,15,18H,12H2,1-3H3,(H3,22,23,26)/t15-,18-/m0/s1. The molecule has 2 amide bonds. The summed E-state index contributed by atoms with van der Waals surface area (Å²) in [5.41, 5.74) is 8.24. The van der Waals surface area contributed by atoms with Crippen molar-refractivity contribution in [1.82, 2.24) is 5.32 Å². The van der Waals surface area contributed by atoms with Crippen LogP contribution in [-0.4, -0.2) is 23.9 Å². The Hall–Kier alpha value is -3.15. The van der Waals surface area contributed by atoms with Crippen molar-refractivity contribution in [1.29, 1.82) is 0 Å². The lowest BCUT2D eigenvalue weighted by Crippen LogP contribution is -2.35. The Morgan fingerprint density at radius 3 is 2.37 bits per heavy atom. The number of amides is 2. The molecule has 142 valence electrons. The minimum absolute atomic E-state index is 0.128. The summed E-state index contributed by atoms with van der Waals surface area (Å²) in [6.45, 7) is 5.28. The number of ketones is 1. The van der Waals surface area contributed by atoms with Gasteiger partial charge in [0.1, 0.15) is 0 Å². The zero-order valence-corrected chi connectivity index (χ0v) is 15.7. The number of nitrogens with two attached hydrogens (primary N) is 1. The predicted octanol–water partition coefficient (Wildman–Crippen LogP) is 3.22. The van der Waals surface area contributed by atoms with Crippen molar-refractivity contribution < 1.29 is 19.1 Å². The van der Waals surface area contributed by atoms with Crippen LogP contribution < -0.4 is 11.1 Å². The third-order valence-electron chi connectivity index (χ3n) is 4.23. The number of urea groups is 1. The van der Waals surface area contributed by atoms with E-state index in [-0.39, 0.29) is 12.2 Å². The van der Waals surface area contributed by atoms with Gasteiger partial charge in [-0.2, -0.15) is 0 Å². The molecule has 0 spiro atoms. The summed E-state index contributed by atoms with van der Waals surface area (Å²) >= 11 is 0. The Labute approximate surface area is 158 Å². The number of hydrogen-bond acceptors (Lipinski definition) is 4. The van der Waals surface area contributed by atoms with E-state index in [9.17, 15) is 14.4 Å². The van der Waals surface area contributed by atoms with Gasteiger partial charge in [0, 0.05) is 5.56 Å². The number of ether oxygens (including phenoxy) is 1. The second-order valence-electron chi connectivity index (χ2n) is 6.49. The number of aryl methyl sites for hydroxylation is 2. The van der Waals surface area contributed by atoms with Crippen LogP contribution in [0, 0.1) is 13.8 Å². The number of rotatable bonds is 7. The highest BCUT2D eigenvalue weighted by Gasteiger charge is 2.24. The topological polar surface area (TPSA) is 98.5 Å². The van der Waals surface area contributed by atoms with Gasteiger partial charge in [0.15, 0.2) is 6.10 Å². The van der Waals surface area contributed by atoms with E-state index in [4.69, 9.17) is 10.5 Å². The van der Waals surface area contributed by atoms with Gasteiger partial charge in [-0.25, -0.2) is 4.79 Å². The molecule has 0 aliphatic rings. The smallest absolute Gasteiger partial charge is 0.312 e. The first-order chi connectivity index (χ1) is 12.8. The fourth-order valence-corrected chi connectivity index (χ4v) is 2.80. The maximum absolute atomic E-state index is 12.6. The van der Waals surface area contributed by atoms with Crippen LogP contribution >= 0.6 is 0 Å². The maximum Gasteiger partial charge on any atom is 0.312 e. The van der Waals surface area contributed by atoms with Crippen LogP contribution in [0.1, 0.15) is 46.4 Å². The lowest BCUT2D eigenvalue weighted by Gasteiger charge is -2.19. The van der Waals surface area contributed by atoms with E-state index in [1.165, 1.54) is 0 Å². The van der Waals surface area contributed by atoms with E-state index < -0.39 is 24.1 Å². The molecule has 0 saturated carbocycles. The molecule has 2 aromatic carbocycles. The molecule has 0 unspecified atom stereocenters. The zero-order chi connectivity index (χ0) is 20.0. The molecule has 0 aliphatic carbocycles. The van der Waals surface area contributed by atoms with Crippen LogP contribution in [0.4, 0.5) is 4.79 Å². The Bertz CT molecular complexity index is 833. The average molecular weight is 368 g/mol. The maximum atomic E-state index is 12.6. The minimum Gasteiger partial charge on any atom is -0.454 e. The van der Waals surface area contributed by atoms with Crippen LogP contribution in [0.2, 0.25) is 0 Å². The second-order valence-corrected chi connectivity index (χ2v) is 6.49. The Morgan fingerprint density at radius 1 is 1.07 bits per heavy atom. The van der Waals surface area contributed by atoms with Gasteiger partial charge < -0.3 is 15.8 Å². The first-order valence-corrected chi connectivity index (χ1v) is 8.69. The molecule has 0 saturated heterocycles. The summed E-state index contributed by atoms with van der Waals surface area (Å²) in [7, 11) is 0. The molecular weight excluding hydrogens is 344 g/mol. The van der Waals surface area contributed by atoms with Crippen molar-refractivity contribution in [3.8, 4) is 0 Å². The van der Waals surface area contributed by atoms with Gasteiger partial charge in [0.25, 0.3) is 0 Å². The van der Waals surface area contributed by atoms with Crippen LogP contribution in [0.5, 0.6) is 0 Å². The van der Waals surface area contributed by atoms with Crippen LogP contribution in [0.25, 0.3) is 0 Å². The molecule has 3 N–H and O–H groups in total. The van der Waals surface area contributed by atoms with E-state index in [1.54, 1.807) is 37.3 Å². The van der Waals surface area contributed by atoms with Crippen LogP contribution in [-0.2, 0) is 9.53 Å². The van der Waals surface area contributed by atoms with Crippen molar-refractivity contribution in [2.45, 2.75) is 39.3 Å². The molecule has 6 nitrogen and oxygen atoms in total. The van der Waals surface area contributed by atoms with Crippen molar-refractivity contribution >= 4 is 17.8 Å². The van der Waals surface area contributed by atoms with E-state index in [2.05, 4.69) is 5.32 Å². The molecule has 0 aromatic heterocycles. The number of esters is 1. The number of primary amides is 1. The van der Waals surface area contributed by atoms with Gasteiger partial charge >= 0.3 is 12.0 Å². The van der Waals surface area contributed by atoms with Gasteiger partial charge in [-0.15, -0.1) is 0 Å². The predicted molar refractivity (Wildman–Crippen MR) is 102 cm³/mol. The van der Waals surface area contributed by atoms with Crippen molar-refractivity contribution in [3.05, 3.63) is 70.8 Å². The number of carbonyl (C=O) groups is 3. The fourth-order valence-electron chi connectivity index (χ4n) is 2.80. The van der Waals surface area contributed by atoms with Crippen molar-refractivity contribution in [2.75, 3.05) is 0 Å². The normalized spacial score (nSPS) is 12.7. The first-order valence-electron chi connectivity index (χ1n) is 8.69. The minimum atomic E-state index is -0.928. The highest BCUT2D eigenvalue weighted by molar-refractivity contribution is 6.01. The molecule has 0 radical (unpaired) electrons. The third kappa shape index (κ3) is 5.67. The number of Topliss-reactive ketones (excluding diaryl/α,β-unsaturated/α-hetero) is 1. The highest BCUT2D eigenvalue weighted by Crippen LogP contribution is 2.19. The summed E-state index contributed by atoms with van der Waals surface area (Å²) in [6.07, 6.45) is -1.06. The molecule has 6 heteroatoms. The lowest BCUT2D eigenvalue weighted by molar-refractivity contribution is -0.146. The zero-order valence-electron chi connectivity index (χ0n) is 15.7. The van der Waals surface area contributed by atoms with E-state index in [0.717, 1.165) is 16.7 Å². The van der Waals surface area contributed by atoms with Gasteiger partial charge in [-0.05, 0) is 38.0 Å². The molecule has 2 rings (SSSR count). The monoisotopic (exact) mass is 368 g/mol. The van der Waals surface area contributed by atoms with Crippen LogP contribution in [0.15, 0.2) is 48.5 Å². The van der Waals surface area contributed by atoms with Crippen molar-refractivity contribution in [2.24, 2.45) is 5.73 Å². The van der Waals surface area contributed by atoms with Gasteiger partial charge in [0.2, 0.25) is 5.78 Å². The average Bonchev–Trinajstić information content (AvgIpc) is 2.62. The van der Waals surface area contributed by atoms with Crippen molar-refractivity contribution in [3.63, 3.8) is 0 Å². The quantitative estimate of drug-likeness (QED) is 0.579. The number of hydrogen-bond donors (Lipinski definition) is 2. The lowest BCUT2D eigenvalue weighted by atomic mass is 9.99. The third-order valence-corrected chi connectivity index (χ3v) is 4.23. The number of nitrogens with one attached hydrogen (secondary N) is 1. The highest BCUT2D eigenvalue weighted by atomic mass is 16.5. The summed E-state index contributed by atoms with van der Waals surface area (Å²) in [5, 5.41) is 2.53. The summed E-state index contributed by atoms with van der Waals surface area (Å²) in [6, 6.07) is 13.2. The molecule has 2 atom stereocenters. The van der Waals surface area contributed by atoms with Gasteiger partial charge in [0.05, 0.1) is 12.5 Å². The molecule has 0 bridgehead atoms. The fraction of sp³-hybridized carbons (Fsp3) is 0.286. The molecule has 27 heavy (non-hydrogen) atoms. The van der Waals surface area contributed by atoms with Gasteiger partial charge in [-0.3, -0.25) is 9.59 Å². The van der Waals surface area contributed by atoms with Crippen LogP contribution in [0.3, 0.4) is 0 Å². The Balaban J connectivity index is 2.07. The van der Waals surface area contributed by atoms with E-state index in [0.29, 0.717) is 5.56 Å². The summed E-state index contributed by atoms with van der Waals surface area (Å²) in [5.74, 6) is -0.854. The van der Waals surface area contributed by atoms with E-state index in [1.807, 2.05) is 32.0 Å². The number of benzene rings is 2. The first kappa shape index (κ1) is 20.2. The Morgan fingerprint density at radius 2 is 1.74 bits per heavy atom. The number of carbonyl (C=O) groups excluding carboxylic acids is 3. The Kier molecular flexibility index (Phi) is 6.71. The molecule has 0 fully saturated rings.